The molecule has 0 aliphatic carbocycles. The first-order valence-corrected chi connectivity index (χ1v) is 7.37. The molecule has 0 aromatic carbocycles. The summed E-state index contributed by atoms with van der Waals surface area (Å²) in [6, 6.07) is 9.47. The molecular formula is C18H12N6. The lowest BCUT2D eigenvalue weighted by molar-refractivity contribution is 1.13. The van der Waals surface area contributed by atoms with Gasteiger partial charge < -0.3 is 0 Å². The van der Waals surface area contributed by atoms with E-state index in [4.69, 9.17) is 4.98 Å². The normalized spacial score (nSPS) is 10.5. The predicted octanol–water partition coefficient (Wildman–Crippen LogP) is 3.06. The van der Waals surface area contributed by atoms with E-state index in [2.05, 4.69) is 24.9 Å². The molecule has 0 spiro atoms. The first kappa shape index (κ1) is 14.1. The highest BCUT2D eigenvalue weighted by molar-refractivity contribution is 5.79. The van der Waals surface area contributed by atoms with Crippen LogP contribution in [0.1, 0.15) is 0 Å². The molecular weight excluding hydrogens is 300 g/mol. The highest BCUT2D eigenvalue weighted by Crippen LogP contribution is 2.29. The largest absolute Gasteiger partial charge is 0.265 e. The van der Waals surface area contributed by atoms with Gasteiger partial charge in [0.25, 0.3) is 0 Å². The second kappa shape index (κ2) is 6.29. The fourth-order valence-electron chi connectivity index (χ4n) is 2.36. The van der Waals surface area contributed by atoms with Gasteiger partial charge in [0.05, 0.1) is 17.6 Å². The molecule has 0 amide bonds. The summed E-state index contributed by atoms with van der Waals surface area (Å²) >= 11 is 0. The van der Waals surface area contributed by atoms with Gasteiger partial charge in [-0.25, -0.2) is 9.97 Å². The van der Waals surface area contributed by atoms with E-state index in [1.54, 1.807) is 43.4 Å². The molecule has 0 bridgehead atoms. The van der Waals surface area contributed by atoms with Gasteiger partial charge in [-0.2, -0.15) is 0 Å². The van der Waals surface area contributed by atoms with Crippen LogP contribution >= 0.6 is 0 Å². The summed E-state index contributed by atoms with van der Waals surface area (Å²) in [4.78, 5) is 26.1. The third kappa shape index (κ3) is 2.72. The highest BCUT2D eigenvalue weighted by atomic mass is 14.9. The van der Waals surface area contributed by atoms with E-state index in [9.17, 15) is 0 Å². The lowest BCUT2D eigenvalue weighted by Gasteiger charge is -2.09. The third-order valence-corrected chi connectivity index (χ3v) is 3.48. The lowest BCUT2D eigenvalue weighted by atomic mass is 10.1. The third-order valence-electron chi connectivity index (χ3n) is 3.48. The first-order valence-electron chi connectivity index (χ1n) is 7.37. The highest BCUT2D eigenvalue weighted by Gasteiger charge is 2.14. The molecule has 4 aromatic heterocycles. The van der Waals surface area contributed by atoms with Crippen molar-refractivity contribution >= 4 is 0 Å². The molecule has 4 heterocycles. The van der Waals surface area contributed by atoms with Crippen molar-refractivity contribution in [3.8, 4) is 34.0 Å². The van der Waals surface area contributed by atoms with E-state index in [1.807, 2.05) is 30.3 Å². The zero-order valence-corrected chi connectivity index (χ0v) is 12.6. The minimum Gasteiger partial charge on any atom is -0.265 e. The zero-order chi connectivity index (χ0) is 16.2. The maximum absolute atomic E-state index is 4.72. The SMILES string of the molecule is c1ccc(-c2ncc(-c3cnccn3)c(-c3ccncc3)n2)nc1. The second-order valence-electron chi connectivity index (χ2n) is 5.00. The Kier molecular flexibility index (Phi) is 3.69. The Labute approximate surface area is 138 Å². The van der Waals surface area contributed by atoms with Crippen LogP contribution in [-0.4, -0.2) is 29.9 Å². The van der Waals surface area contributed by atoms with Crippen LogP contribution in [0.4, 0.5) is 0 Å². The van der Waals surface area contributed by atoms with Gasteiger partial charge in [-0.15, -0.1) is 0 Å². The van der Waals surface area contributed by atoms with E-state index >= 15 is 0 Å². The predicted molar refractivity (Wildman–Crippen MR) is 89.5 cm³/mol. The van der Waals surface area contributed by atoms with E-state index in [0.29, 0.717) is 5.82 Å². The molecule has 6 nitrogen and oxygen atoms in total. The molecule has 0 fully saturated rings. The first-order chi connectivity index (χ1) is 11.9. The van der Waals surface area contributed by atoms with Crippen LogP contribution in [0.3, 0.4) is 0 Å². The van der Waals surface area contributed by atoms with Crippen LogP contribution < -0.4 is 0 Å². The Morgan fingerprint density at radius 3 is 2.25 bits per heavy atom. The molecule has 4 aromatic rings. The molecule has 24 heavy (non-hydrogen) atoms. The smallest absolute Gasteiger partial charge is 0.178 e. The molecule has 6 heteroatoms. The molecule has 4 rings (SSSR count). The molecule has 0 radical (unpaired) electrons. The maximum Gasteiger partial charge on any atom is 0.178 e. The lowest BCUT2D eigenvalue weighted by Crippen LogP contribution is -1.98. The van der Waals surface area contributed by atoms with Gasteiger partial charge in [0.2, 0.25) is 0 Å². The average Bonchev–Trinajstić information content (AvgIpc) is 2.69. The number of aromatic nitrogens is 6. The fourth-order valence-corrected chi connectivity index (χ4v) is 2.36. The van der Waals surface area contributed by atoms with Crippen LogP contribution in [0, 0.1) is 0 Å². The van der Waals surface area contributed by atoms with Crippen LogP contribution in [0.5, 0.6) is 0 Å². The fraction of sp³-hybridized carbons (Fsp3) is 0. The van der Waals surface area contributed by atoms with Crippen molar-refractivity contribution in [1.82, 2.24) is 29.9 Å². The van der Waals surface area contributed by atoms with Gasteiger partial charge in [0.1, 0.15) is 5.69 Å². The minimum atomic E-state index is 0.565. The summed E-state index contributed by atoms with van der Waals surface area (Å²) in [6.07, 6.45) is 11.9. The van der Waals surface area contributed by atoms with Crippen molar-refractivity contribution in [1.29, 1.82) is 0 Å². The summed E-state index contributed by atoms with van der Waals surface area (Å²) in [5, 5.41) is 0. The zero-order valence-electron chi connectivity index (χ0n) is 12.6. The quantitative estimate of drug-likeness (QED) is 0.578. The number of hydrogen-bond donors (Lipinski definition) is 0. The van der Waals surface area contributed by atoms with Crippen LogP contribution in [-0.2, 0) is 0 Å². The summed E-state index contributed by atoms with van der Waals surface area (Å²) in [7, 11) is 0. The molecule has 0 aliphatic heterocycles. The van der Waals surface area contributed by atoms with Gasteiger partial charge in [0.15, 0.2) is 5.82 Å². The molecule has 0 atom stereocenters. The van der Waals surface area contributed by atoms with Gasteiger partial charge in [-0.05, 0) is 24.3 Å². The number of hydrogen-bond acceptors (Lipinski definition) is 6. The van der Waals surface area contributed by atoms with Crippen molar-refractivity contribution in [2.75, 3.05) is 0 Å². The van der Waals surface area contributed by atoms with Crippen LogP contribution in [0.25, 0.3) is 34.0 Å². The van der Waals surface area contributed by atoms with Gasteiger partial charge in [-0.1, -0.05) is 6.07 Å². The Morgan fingerprint density at radius 2 is 1.50 bits per heavy atom. The summed E-state index contributed by atoms with van der Waals surface area (Å²) in [5.41, 5.74) is 3.96. The second-order valence-corrected chi connectivity index (χ2v) is 5.00. The van der Waals surface area contributed by atoms with Gasteiger partial charge in [-0.3, -0.25) is 19.9 Å². The Hall–Kier alpha value is -3.54. The average molecular weight is 312 g/mol. The summed E-state index contributed by atoms with van der Waals surface area (Å²) < 4.78 is 0. The minimum absolute atomic E-state index is 0.565. The van der Waals surface area contributed by atoms with E-state index in [0.717, 1.165) is 28.2 Å². The topological polar surface area (TPSA) is 77.3 Å². The van der Waals surface area contributed by atoms with Gasteiger partial charge >= 0.3 is 0 Å². The standard InChI is InChI=1S/C18H12N6/c1-2-6-21-15(3-1)18-23-11-14(16-12-20-9-10-22-16)17(24-18)13-4-7-19-8-5-13/h1-12H. The summed E-state index contributed by atoms with van der Waals surface area (Å²) in [5.74, 6) is 0.565. The van der Waals surface area contributed by atoms with Crippen molar-refractivity contribution in [3.63, 3.8) is 0 Å². The molecule has 0 saturated carbocycles. The monoisotopic (exact) mass is 312 g/mol. The van der Waals surface area contributed by atoms with Crippen molar-refractivity contribution in [2.24, 2.45) is 0 Å². The molecule has 0 aliphatic rings. The molecule has 114 valence electrons. The molecule has 0 unspecified atom stereocenters. The Morgan fingerprint density at radius 1 is 0.625 bits per heavy atom. The van der Waals surface area contributed by atoms with Gasteiger partial charge in [0, 0.05) is 48.3 Å². The van der Waals surface area contributed by atoms with E-state index in [-0.39, 0.29) is 0 Å². The number of rotatable bonds is 3. The molecule has 0 saturated heterocycles. The Bertz CT molecular complexity index is 943. The maximum atomic E-state index is 4.72. The van der Waals surface area contributed by atoms with Crippen molar-refractivity contribution in [3.05, 3.63) is 73.7 Å². The van der Waals surface area contributed by atoms with Crippen LogP contribution in [0.15, 0.2) is 73.7 Å². The summed E-state index contributed by atoms with van der Waals surface area (Å²) in [6.45, 7) is 0. The van der Waals surface area contributed by atoms with E-state index in [1.165, 1.54) is 0 Å². The van der Waals surface area contributed by atoms with Crippen LogP contribution in [0.2, 0.25) is 0 Å². The number of nitrogens with zero attached hydrogens (tertiary/aromatic N) is 6. The molecule has 0 N–H and O–H groups in total. The van der Waals surface area contributed by atoms with Crippen molar-refractivity contribution in [2.45, 2.75) is 0 Å². The van der Waals surface area contributed by atoms with Crippen molar-refractivity contribution < 1.29 is 0 Å². The number of pyridine rings is 2. The Balaban J connectivity index is 1.92. The van der Waals surface area contributed by atoms with E-state index < -0.39 is 0 Å².